The van der Waals surface area contributed by atoms with Crippen molar-refractivity contribution in [2.75, 3.05) is 10.6 Å². The first kappa shape index (κ1) is 26.1. The summed E-state index contributed by atoms with van der Waals surface area (Å²) >= 11 is 5.14. The molecular weight excluding hydrogens is 493 g/mol. The molecule has 35 heavy (non-hydrogen) atoms. The van der Waals surface area contributed by atoms with Gasteiger partial charge in [0.2, 0.25) is 11.8 Å². The van der Waals surface area contributed by atoms with E-state index in [2.05, 4.69) is 10.6 Å². The third-order valence-corrected chi connectivity index (χ3v) is 6.45. The van der Waals surface area contributed by atoms with Crippen LogP contribution in [-0.4, -0.2) is 11.8 Å². The topological polar surface area (TPSA) is 58.2 Å². The van der Waals surface area contributed by atoms with Crippen LogP contribution in [0.25, 0.3) is 0 Å². The van der Waals surface area contributed by atoms with E-state index in [1.165, 1.54) is 0 Å². The number of carbonyl (C=O) groups excluding carboxylic acids is 2. The maximum atomic E-state index is 10.8. The normalized spacial score (nSPS) is 11.8. The predicted octanol–water partition coefficient (Wildman–Crippen LogP) is 7.61. The van der Waals surface area contributed by atoms with E-state index in [1.807, 2.05) is 117 Å². The number of thiophene rings is 3. The van der Waals surface area contributed by atoms with Crippen LogP contribution in [0.3, 0.4) is 0 Å². The van der Waals surface area contributed by atoms with Crippen LogP contribution >= 0.6 is 34.0 Å². The van der Waals surface area contributed by atoms with Gasteiger partial charge in [-0.3, -0.25) is 9.59 Å². The second-order valence-electron chi connectivity index (χ2n) is 7.14. The maximum absolute atomic E-state index is 10.8. The second-order valence-corrected chi connectivity index (χ2v) is 9.59. The van der Waals surface area contributed by atoms with Crippen LogP contribution < -0.4 is 10.6 Å². The smallest absolute Gasteiger partial charge is 0.228 e. The van der Waals surface area contributed by atoms with Gasteiger partial charge in [0, 0.05) is 11.4 Å². The largest absolute Gasteiger partial charge is 0.326 e. The number of para-hydroxylation sites is 2. The molecule has 5 aromatic rings. The number of hydrogen-bond donors (Lipinski definition) is 2. The molecule has 3 aromatic heterocycles. The standard InChI is InChI=1S/2C8H7NO.3C4H4S/c2*10-8-5-6-3-1-2-4-7(6)9-8;3*1-2-4-5-3-1/h2*1-4H,5H2,(H,9,10);3*1-4H. The molecule has 0 radical (unpaired) electrons. The number of benzene rings is 2. The van der Waals surface area contributed by atoms with Crippen LogP contribution in [0, 0.1) is 0 Å². The van der Waals surface area contributed by atoms with Gasteiger partial charge in [-0.1, -0.05) is 72.8 Å². The minimum absolute atomic E-state index is 0.0983. The van der Waals surface area contributed by atoms with Gasteiger partial charge in [0.25, 0.3) is 0 Å². The van der Waals surface area contributed by atoms with Crippen molar-refractivity contribution in [2.45, 2.75) is 12.8 Å². The quantitative estimate of drug-likeness (QED) is 0.222. The Hall–Kier alpha value is -3.52. The molecule has 178 valence electrons. The molecule has 2 aliphatic heterocycles. The molecule has 0 atom stereocenters. The van der Waals surface area contributed by atoms with E-state index in [-0.39, 0.29) is 11.8 Å². The fourth-order valence-corrected chi connectivity index (χ4v) is 4.37. The summed E-state index contributed by atoms with van der Waals surface area (Å²) < 4.78 is 0. The molecule has 7 rings (SSSR count). The molecule has 2 aliphatic rings. The van der Waals surface area contributed by atoms with Crippen molar-refractivity contribution in [1.29, 1.82) is 0 Å². The van der Waals surface area contributed by atoms with Gasteiger partial charge < -0.3 is 10.6 Å². The fourth-order valence-electron chi connectivity index (χ4n) is 3.01. The number of anilines is 2. The van der Waals surface area contributed by atoms with Crippen molar-refractivity contribution in [3.63, 3.8) is 0 Å². The number of rotatable bonds is 0. The lowest BCUT2D eigenvalue weighted by atomic mass is 10.2. The number of hydrogen-bond acceptors (Lipinski definition) is 5. The molecule has 5 heterocycles. The van der Waals surface area contributed by atoms with Crippen LogP contribution in [0.2, 0.25) is 0 Å². The highest BCUT2D eigenvalue weighted by Crippen LogP contribution is 2.21. The molecule has 0 unspecified atom stereocenters. The van der Waals surface area contributed by atoms with Crippen molar-refractivity contribution < 1.29 is 9.59 Å². The van der Waals surface area contributed by atoms with Crippen molar-refractivity contribution >= 4 is 57.2 Å². The summed E-state index contributed by atoms with van der Waals surface area (Å²) in [6.07, 6.45) is 1.08. The van der Waals surface area contributed by atoms with Crippen LogP contribution in [0.1, 0.15) is 11.1 Å². The Balaban J connectivity index is 0.000000128. The minimum atomic E-state index is 0.0983. The van der Waals surface area contributed by atoms with E-state index in [1.54, 1.807) is 34.0 Å². The van der Waals surface area contributed by atoms with E-state index in [9.17, 15) is 9.59 Å². The first-order valence-corrected chi connectivity index (χ1v) is 13.7. The molecule has 2 aromatic carbocycles. The van der Waals surface area contributed by atoms with Crippen molar-refractivity contribution in [3.05, 3.63) is 128 Å². The highest BCUT2D eigenvalue weighted by atomic mass is 32.1. The fraction of sp³-hybridized carbons (Fsp3) is 0.0714. The van der Waals surface area contributed by atoms with Crippen molar-refractivity contribution in [1.82, 2.24) is 0 Å². The lowest BCUT2D eigenvalue weighted by Crippen LogP contribution is -2.03. The van der Waals surface area contributed by atoms with Gasteiger partial charge in [0.15, 0.2) is 0 Å². The molecule has 2 amide bonds. The van der Waals surface area contributed by atoms with Gasteiger partial charge in [-0.25, -0.2) is 0 Å². The Morgan fingerprint density at radius 2 is 0.771 bits per heavy atom. The van der Waals surface area contributed by atoms with Gasteiger partial charge in [0.05, 0.1) is 12.8 Å². The van der Waals surface area contributed by atoms with E-state index >= 15 is 0 Å². The molecule has 0 fully saturated rings. The number of nitrogens with one attached hydrogen (secondary N) is 2. The summed E-state index contributed by atoms with van der Waals surface area (Å²) in [5, 5.41) is 17.8. The minimum Gasteiger partial charge on any atom is -0.326 e. The van der Waals surface area contributed by atoms with Crippen LogP contribution in [0.4, 0.5) is 11.4 Å². The number of carbonyl (C=O) groups is 2. The first-order chi connectivity index (χ1) is 17.2. The van der Waals surface area contributed by atoms with Crippen molar-refractivity contribution in [2.24, 2.45) is 0 Å². The van der Waals surface area contributed by atoms with Gasteiger partial charge in [-0.15, -0.1) is 0 Å². The van der Waals surface area contributed by atoms with Gasteiger partial charge in [-0.2, -0.15) is 34.0 Å². The van der Waals surface area contributed by atoms with Crippen LogP contribution in [0.15, 0.2) is 117 Å². The highest BCUT2D eigenvalue weighted by molar-refractivity contribution is 7.08. The molecule has 0 saturated heterocycles. The number of amides is 2. The SMILES string of the molecule is O=C1Cc2ccccc2N1.O=C1Cc2ccccc2N1.c1ccsc1.c1ccsc1.c1ccsc1. The molecule has 0 bridgehead atoms. The zero-order valence-electron chi connectivity index (χ0n) is 19.0. The monoisotopic (exact) mass is 518 g/mol. The molecule has 7 heteroatoms. The molecule has 4 nitrogen and oxygen atoms in total. The second kappa shape index (κ2) is 15.4. The van der Waals surface area contributed by atoms with Crippen LogP contribution in [0.5, 0.6) is 0 Å². The van der Waals surface area contributed by atoms with Gasteiger partial charge in [0.1, 0.15) is 0 Å². The average molecular weight is 519 g/mol. The Morgan fingerprint density at radius 3 is 1.03 bits per heavy atom. The first-order valence-electron chi connectivity index (χ1n) is 10.9. The zero-order chi connectivity index (χ0) is 24.6. The Labute approximate surface area is 217 Å². The highest BCUT2D eigenvalue weighted by Gasteiger charge is 2.15. The third kappa shape index (κ3) is 10.1. The Kier molecular flexibility index (Phi) is 11.5. The zero-order valence-corrected chi connectivity index (χ0v) is 21.5. The Bertz CT molecular complexity index is 1010. The summed E-state index contributed by atoms with van der Waals surface area (Å²) in [6.45, 7) is 0. The van der Waals surface area contributed by atoms with Gasteiger partial charge >= 0.3 is 0 Å². The van der Waals surface area contributed by atoms with E-state index in [4.69, 9.17) is 0 Å². The molecule has 2 N–H and O–H groups in total. The maximum Gasteiger partial charge on any atom is 0.228 e. The summed E-state index contributed by atoms with van der Waals surface area (Å²) in [6, 6.07) is 27.6. The predicted molar refractivity (Wildman–Crippen MR) is 151 cm³/mol. The van der Waals surface area contributed by atoms with Gasteiger partial charge in [-0.05, 0) is 55.5 Å². The van der Waals surface area contributed by atoms with E-state index in [0.29, 0.717) is 12.8 Å². The van der Waals surface area contributed by atoms with Crippen molar-refractivity contribution in [3.8, 4) is 0 Å². The summed E-state index contributed by atoms with van der Waals surface area (Å²) in [5.74, 6) is 0.197. The molecular formula is C28H26N2O2S3. The number of fused-ring (bicyclic) bond motifs is 2. The summed E-state index contributed by atoms with van der Waals surface area (Å²) in [4.78, 5) is 21.6. The third-order valence-electron chi connectivity index (χ3n) is 4.56. The molecule has 0 spiro atoms. The van der Waals surface area contributed by atoms with E-state index in [0.717, 1.165) is 22.5 Å². The average Bonchev–Trinajstić information content (AvgIpc) is 3.72. The lowest BCUT2D eigenvalue weighted by Gasteiger charge is -1.93. The summed E-state index contributed by atoms with van der Waals surface area (Å²) in [5.41, 5.74) is 4.14. The molecule has 0 saturated carbocycles. The lowest BCUT2D eigenvalue weighted by molar-refractivity contribution is -0.115. The van der Waals surface area contributed by atoms with Crippen LogP contribution in [-0.2, 0) is 22.4 Å². The summed E-state index contributed by atoms with van der Waals surface area (Å²) in [7, 11) is 0. The molecule has 0 aliphatic carbocycles. The Morgan fingerprint density at radius 1 is 0.457 bits per heavy atom. The van der Waals surface area contributed by atoms with E-state index < -0.39 is 0 Å².